The number of amides is 1. The lowest BCUT2D eigenvalue weighted by Gasteiger charge is -2.28. The third kappa shape index (κ3) is 5.07. The maximum absolute atomic E-state index is 12.1. The van der Waals surface area contributed by atoms with Gasteiger partial charge >= 0.3 is 0 Å². The van der Waals surface area contributed by atoms with E-state index in [0.717, 1.165) is 58.0 Å². The first kappa shape index (κ1) is 14.5. The largest absolute Gasteiger partial charge is 0.343 e. The van der Waals surface area contributed by atoms with E-state index >= 15 is 0 Å². The van der Waals surface area contributed by atoms with Gasteiger partial charge in [-0.15, -0.1) is 0 Å². The Morgan fingerprint density at radius 3 is 2.41 bits per heavy atom. The van der Waals surface area contributed by atoms with Crippen LogP contribution in [0.3, 0.4) is 0 Å². The van der Waals surface area contributed by atoms with Crippen LogP contribution in [0, 0.1) is 5.92 Å². The number of hydrogen-bond donors (Lipinski definition) is 1. The molecule has 0 bridgehead atoms. The van der Waals surface area contributed by atoms with Crippen LogP contribution < -0.4 is 5.73 Å². The SMILES string of the molecule is CCCCN(CC)C(=O)CC1CCC(N)CC1. The van der Waals surface area contributed by atoms with Gasteiger partial charge in [-0.3, -0.25) is 4.79 Å². The van der Waals surface area contributed by atoms with E-state index in [1.54, 1.807) is 0 Å². The number of hydrogen-bond acceptors (Lipinski definition) is 2. The fraction of sp³-hybridized carbons (Fsp3) is 0.929. The molecule has 0 aromatic heterocycles. The smallest absolute Gasteiger partial charge is 0.222 e. The Balaban J connectivity index is 2.31. The lowest BCUT2D eigenvalue weighted by molar-refractivity contribution is -0.132. The van der Waals surface area contributed by atoms with Crippen LogP contribution in [0.4, 0.5) is 0 Å². The second kappa shape index (κ2) is 7.70. The standard InChI is InChI=1S/C14H28N2O/c1-3-5-10-16(4-2)14(17)11-12-6-8-13(15)9-7-12/h12-13H,3-11,15H2,1-2H3. The zero-order valence-corrected chi connectivity index (χ0v) is 11.5. The summed E-state index contributed by atoms with van der Waals surface area (Å²) in [5.74, 6) is 0.930. The molecule has 0 heterocycles. The molecule has 0 saturated heterocycles. The number of rotatable bonds is 6. The van der Waals surface area contributed by atoms with Gasteiger partial charge in [0.15, 0.2) is 0 Å². The summed E-state index contributed by atoms with van der Waals surface area (Å²) in [6, 6.07) is 0.378. The fourth-order valence-electron chi connectivity index (χ4n) is 2.58. The summed E-state index contributed by atoms with van der Waals surface area (Å²) in [5.41, 5.74) is 5.88. The summed E-state index contributed by atoms with van der Waals surface area (Å²) in [4.78, 5) is 14.1. The van der Waals surface area contributed by atoms with E-state index in [9.17, 15) is 4.79 Å². The van der Waals surface area contributed by atoms with Crippen molar-refractivity contribution >= 4 is 5.91 Å². The lowest BCUT2D eigenvalue weighted by atomic mass is 9.84. The molecule has 0 unspecified atom stereocenters. The van der Waals surface area contributed by atoms with E-state index in [1.807, 2.05) is 4.90 Å². The number of carbonyl (C=O) groups is 1. The van der Waals surface area contributed by atoms with E-state index in [2.05, 4.69) is 13.8 Å². The van der Waals surface area contributed by atoms with Crippen LogP contribution in [0.2, 0.25) is 0 Å². The normalized spacial score (nSPS) is 24.6. The molecule has 17 heavy (non-hydrogen) atoms. The Morgan fingerprint density at radius 1 is 1.24 bits per heavy atom. The minimum atomic E-state index is 0.349. The summed E-state index contributed by atoms with van der Waals surface area (Å²) in [6.45, 7) is 6.02. The average Bonchev–Trinajstić information content (AvgIpc) is 2.33. The molecule has 1 amide bonds. The highest BCUT2D eigenvalue weighted by Gasteiger charge is 2.22. The minimum Gasteiger partial charge on any atom is -0.343 e. The summed E-state index contributed by atoms with van der Waals surface area (Å²) in [6.07, 6.45) is 7.48. The predicted molar refractivity (Wildman–Crippen MR) is 71.7 cm³/mol. The second-order valence-corrected chi connectivity index (χ2v) is 5.31. The van der Waals surface area contributed by atoms with Crippen LogP contribution in [-0.2, 0) is 4.79 Å². The molecule has 1 fully saturated rings. The first-order valence-corrected chi connectivity index (χ1v) is 7.20. The first-order chi connectivity index (χ1) is 8.17. The Morgan fingerprint density at radius 2 is 1.88 bits per heavy atom. The summed E-state index contributed by atoms with van der Waals surface area (Å²) in [7, 11) is 0. The van der Waals surface area contributed by atoms with E-state index in [1.165, 1.54) is 0 Å². The Labute approximate surface area is 106 Å². The summed E-state index contributed by atoms with van der Waals surface area (Å²) < 4.78 is 0. The maximum atomic E-state index is 12.1. The van der Waals surface area contributed by atoms with Gasteiger partial charge in [0.25, 0.3) is 0 Å². The van der Waals surface area contributed by atoms with Crippen molar-refractivity contribution < 1.29 is 4.79 Å². The van der Waals surface area contributed by atoms with Gasteiger partial charge in [0.05, 0.1) is 0 Å². The molecular formula is C14H28N2O. The highest BCUT2D eigenvalue weighted by Crippen LogP contribution is 2.26. The van der Waals surface area contributed by atoms with E-state index in [-0.39, 0.29) is 0 Å². The molecule has 0 aromatic carbocycles. The Kier molecular flexibility index (Phi) is 6.56. The van der Waals surface area contributed by atoms with Gasteiger partial charge in [-0.25, -0.2) is 0 Å². The highest BCUT2D eigenvalue weighted by atomic mass is 16.2. The number of carbonyl (C=O) groups excluding carboxylic acids is 1. The average molecular weight is 240 g/mol. The van der Waals surface area contributed by atoms with E-state index in [4.69, 9.17) is 5.73 Å². The molecule has 0 radical (unpaired) electrons. The fourth-order valence-corrected chi connectivity index (χ4v) is 2.58. The molecule has 1 aliphatic rings. The van der Waals surface area contributed by atoms with E-state index in [0.29, 0.717) is 17.9 Å². The molecule has 0 atom stereocenters. The lowest BCUT2D eigenvalue weighted by Crippen LogP contribution is -2.34. The van der Waals surface area contributed by atoms with Gasteiger partial charge in [-0.1, -0.05) is 13.3 Å². The van der Waals surface area contributed by atoms with Gasteiger partial charge in [-0.2, -0.15) is 0 Å². The number of nitrogens with zero attached hydrogens (tertiary/aromatic N) is 1. The van der Waals surface area contributed by atoms with Gasteiger partial charge in [-0.05, 0) is 44.9 Å². The molecule has 1 aliphatic carbocycles. The van der Waals surface area contributed by atoms with Crippen molar-refractivity contribution in [2.24, 2.45) is 11.7 Å². The van der Waals surface area contributed by atoms with Gasteiger partial charge in [0.1, 0.15) is 0 Å². The van der Waals surface area contributed by atoms with Crippen molar-refractivity contribution in [1.29, 1.82) is 0 Å². The van der Waals surface area contributed by atoms with Crippen LogP contribution in [0.25, 0.3) is 0 Å². The van der Waals surface area contributed by atoms with Crippen molar-refractivity contribution in [2.75, 3.05) is 13.1 Å². The number of unbranched alkanes of at least 4 members (excludes halogenated alkanes) is 1. The first-order valence-electron chi connectivity index (χ1n) is 7.20. The maximum Gasteiger partial charge on any atom is 0.222 e. The van der Waals surface area contributed by atoms with Crippen molar-refractivity contribution in [1.82, 2.24) is 4.90 Å². The molecular weight excluding hydrogens is 212 g/mol. The zero-order valence-electron chi connectivity index (χ0n) is 11.5. The second-order valence-electron chi connectivity index (χ2n) is 5.31. The van der Waals surface area contributed by atoms with Crippen molar-refractivity contribution in [3.05, 3.63) is 0 Å². The highest BCUT2D eigenvalue weighted by molar-refractivity contribution is 5.76. The minimum absolute atomic E-state index is 0.349. The van der Waals surface area contributed by atoms with Crippen LogP contribution in [0.5, 0.6) is 0 Å². The molecule has 100 valence electrons. The van der Waals surface area contributed by atoms with Crippen LogP contribution in [0.15, 0.2) is 0 Å². The van der Waals surface area contributed by atoms with E-state index < -0.39 is 0 Å². The Bertz CT molecular complexity index is 222. The zero-order chi connectivity index (χ0) is 12.7. The molecule has 0 aliphatic heterocycles. The molecule has 0 spiro atoms. The van der Waals surface area contributed by atoms with Crippen LogP contribution in [-0.4, -0.2) is 29.9 Å². The molecule has 0 aromatic rings. The monoisotopic (exact) mass is 240 g/mol. The molecule has 1 saturated carbocycles. The van der Waals surface area contributed by atoms with Crippen LogP contribution in [0.1, 0.15) is 58.8 Å². The molecule has 3 nitrogen and oxygen atoms in total. The molecule has 2 N–H and O–H groups in total. The quantitative estimate of drug-likeness (QED) is 0.775. The van der Waals surface area contributed by atoms with Gasteiger partial charge in [0, 0.05) is 25.6 Å². The summed E-state index contributed by atoms with van der Waals surface area (Å²) in [5, 5.41) is 0. The Hall–Kier alpha value is -0.570. The van der Waals surface area contributed by atoms with Crippen molar-refractivity contribution in [2.45, 2.75) is 64.8 Å². The topological polar surface area (TPSA) is 46.3 Å². The van der Waals surface area contributed by atoms with Gasteiger partial charge in [0.2, 0.25) is 5.91 Å². The van der Waals surface area contributed by atoms with Gasteiger partial charge < -0.3 is 10.6 Å². The molecule has 1 rings (SSSR count). The van der Waals surface area contributed by atoms with Crippen molar-refractivity contribution in [3.63, 3.8) is 0 Å². The number of nitrogens with two attached hydrogens (primary N) is 1. The molecule has 3 heteroatoms. The third-order valence-electron chi connectivity index (χ3n) is 3.87. The summed E-state index contributed by atoms with van der Waals surface area (Å²) >= 11 is 0. The third-order valence-corrected chi connectivity index (χ3v) is 3.87. The van der Waals surface area contributed by atoms with Crippen LogP contribution >= 0.6 is 0 Å². The predicted octanol–water partition coefficient (Wildman–Crippen LogP) is 2.54. The van der Waals surface area contributed by atoms with Crippen molar-refractivity contribution in [3.8, 4) is 0 Å².